The second kappa shape index (κ2) is 8.95. The molecule has 0 unspecified atom stereocenters. The van der Waals surface area contributed by atoms with E-state index >= 15 is 0 Å². The van der Waals surface area contributed by atoms with E-state index in [2.05, 4.69) is 47.9 Å². The van der Waals surface area contributed by atoms with Crippen LogP contribution in [0.15, 0.2) is 49.1 Å². The van der Waals surface area contributed by atoms with Crippen LogP contribution in [0.1, 0.15) is 24.8 Å². The Kier molecular flexibility index (Phi) is 6.94. The molecule has 1 saturated heterocycles. The van der Waals surface area contributed by atoms with E-state index in [4.69, 9.17) is 4.74 Å². The van der Waals surface area contributed by atoms with Gasteiger partial charge in [0.25, 0.3) is 0 Å². The zero-order valence-electron chi connectivity index (χ0n) is 13.6. The van der Waals surface area contributed by atoms with Crippen molar-refractivity contribution in [1.82, 2.24) is 4.90 Å². The second-order valence-corrected chi connectivity index (χ2v) is 6.01. The van der Waals surface area contributed by atoms with E-state index in [1.807, 2.05) is 6.08 Å². The highest BCUT2D eigenvalue weighted by Gasteiger charge is 2.11. The number of rotatable bonds is 6. The first-order valence-corrected chi connectivity index (χ1v) is 8.35. The lowest BCUT2D eigenvalue weighted by Gasteiger charge is -2.26. The Bertz CT molecular complexity index is 635. The first-order valence-electron chi connectivity index (χ1n) is 8.35. The molecule has 0 aromatic heterocycles. The van der Waals surface area contributed by atoms with E-state index in [-0.39, 0.29) is 12.4 Å². The van der Waals surface area contributed by atoms with E-state index < -0.39 is 0 Å². The molecule has 0 bridgehead atoms. The molecular weight excluding hydrogens is 306 g/mol. The summed E-state index contributed by atoms with van der Waals surface area (Å²) in [6.07, 6.45) is 6.85. The van der Waals surface area contributed by atoms with Crippen LogP contribution in [-0.4, -0.2) is 31.1 Å². The highest BCUT2D eigenvalue weighted by atomic mass is 35.5. The van der Waals surface area contributed by atoms with E-state index in [1.54, 1.807) is 0 Å². The maximum atomic E-state index is 6.11. The van der Waals surface area contributed by atoms with Gasteiger partial charge in [0.1, 0.15) is 12.4 Å². The first kappa shape index (κ1) is 17.8. The molecule has 0 N–H and O–H groups in total. The lowest BCUT2D eigenvalue weighted by Crippen LogP contribution is -3.00. The molecule has 0 radical (unpaired) electrons. The van der Waals surface area contributed by atoms with Crippen LogP contribution in [0, 0.1) is 0 Å². The van der Waals surface area contributed by atoms with Crippen LogP contribution in [0.3, 0.4) is 0 Å². The van der Waals surface area contributed by atoms with Gasteiger partial charge >= 0.3 is 0 Å². The van der Waals surface area contributed by atoms with Crippen molar-refractivity contribution >= 4 is 10.8 Å². The molecule has 2 aromatic carbocycles. The van der Waals surface area contributed by atoms with E-state index in [0.29, 0.717) is 0 Å². The maximum Gasteiger partial charge on any atom is 0.123 e. The monoisotopic (exact) mass is 330 g/mol. The van der Waals surface area contributed by atoms with Crippen molar-refractivity contribution in [2.24, 2.45) is 0 Å². The fourth-order valence-electron chi connectivity index (χ4n) is 3.27. The van der Waals surface area contributed by atoms with Crippen molar-refractivity contribution in [1.29, 1.82) is 0 Å². The Morgan fingerprint density at radius 3 is 2.61 bits per heavy atom. The molecule has 0 aliphatic carbocycles. The molecular formula is C20H25ClNO-. The van der Waals surface area contributed by atoms with Crippen LogP contribution >= 0.6 is 0 Å². The largest absolute Gasteiger partial charge is 1.00 e. The lowest BCUT2D eigenvalue weighted by atomic mass is 10.0. The molecule has 1 aliphatic heterocycles. The third-order valence-corrected chi connectivity index (χ3v) is 4.46. The van der Waals surface area contributed by atoms with Crippen molar-refractivity contribution < 1.29 is 17.1 Å². The number of ether oxygens (including phenoxy) is 1. The van der Waals surface area contributed by atoms with Crippen molar-refractivity contribution in [2.45, 2.75) is 25.7 Å². The Hall–Kier alpha value is -1.51. The zero-order chi connectivity index (χ0) is 15.2. The van der Waals surface area contributed by atoms with Gasteiger partial charge in [0, 0.05) is 12.1 Å². The van der Waals surface area contributed by atoms with E-state index in [1.165, 1.54) is 48.7 Å². The summed E-state index contributed by atoms with van der Waals surface area (Å²) in [4.78, 5) is 2.51. The molecule has 1 heterocycles. The topological polar surface area (TPSA) is 12.5 Å². The predicted octanol–water partition coefficient (Wildman–Crippen LogP) is 1.44. The highest BCUT2D eigenvalue weighted by Crippen LogP contribution is 2.28. The van der Waals surface area contributed by atoms with Gasteiger partial charge in [-0.25, -0.2) is 0 Å². The summed E-state index contributed by atoms with van der Waals surface area (Å²) in [7, 11) is 0. The molecule has 0 saturated carbocycles. The molecule has 3 rings (SSSR count). The number of likely N-dealkylation sites (tertiary alicyclic amines) is 1. The average Bonchev–Trinajstić information content (AvgIpc) is 2.58. The molecule has 2 aromatic rings. The van der Waals surface area contributed by atoms with Crippen LogP contribution in [0.25, 0.3) is 10.8 Å². The highest BCUT2D eigenvalue weighted by molar-refractivity contribution is 5.87. The fourth-order valence-corrected chi connectivity index (χ4v) is 3.27. The molecule has 124 valence electrons. The molecule has 0 amide bonds. The smallest absolute Gasteiger partial charge is 0.123 e. The van der Waals surface area contributed by atoms with Crippen molar-refractivity contribution in [3.05, 3.63) is 54.6 Å². The van der Waals surface area contributed by atoms with Gasteiger partial charge in [-0.15, -0.1) is 6.58 Å². The average molecular weight is 331 g/mol. The summed E-state index contributed by atoms with van der Waals surface area (Å²) in [5.74, 6) is 1.01. The Balaban J connectivity index is 0.00000192. The minimum atomic E-state index is 0. The van der Waals surface area contributed by atoms with Gasteiger partial charge in [0.05, 0.1) is 0 Å². The van der Waals surface area contributed by atoms with Gasteiger partial charge < -0.3 is 17.1 Å². The summed E-state index contributed by atoms with van der Waals surface area (Å²) < 4.78 is 6.11. The number of fused-ring (bicyclic) bond motifs is 1. The van der Waals surface area contributed by atoms with Gasteiger partial charge in [0.2, 0.25) is 0 Å². The first-order chi connectivity index (χ1) is 10.9. The van der Waals surface area contributed by atoms with E-state index in [9.17, 15) is 0 Å². The summed E-state index contributed by atoms with van der Waals surface area (Å²) in [5.41, 5.74) is 1.26. The summed E-state index contributed by atoms with van der Waals surface area (Å²) in [5, 5.41) is 2.54. The number of halogens is 1. The molecule has 1 aliphatic rings. The maximum absolute atomic E-state index is 6.11. The molecule has 1 fully saturated rings. The summed E-state index contributed by atoms with van der Waals surface area (Å²) in [6, 6.07) is 12.8. The third kappa shape index (κ3) is 4.49. The SMILES string of the molecule is C=CCc1c(OCCN2CCCCC2)ccc2ccccc12.[Cl-]. The van der Waals surface area contributed by atoms with Gasteiger partial charge in [-0.3, -0.25) is 4.90 Å². The predicted molar refractivity (Wildman–Crippen MR) is 93.6 cm³/mol. The minimum Gasteiger partial charge on any atom is -1.00 e. The second-order valence-electron chi connectivity index (χ2n) is 6.01. The Morgan fingerprint density at radius 2 is 1.83 bits per heavy atom. The normalized spacial score (nSPS) is 15.1. The molecule has 0 atom stereocenters. The number of nitrogens with zero attached hydrogens (tertiary/aromatic N) is 1. The Labute approximate surface area is 145 Å². The Morgan fingerprint density at radius 1 is 1.04 bits per heavy atom. The molecule has 3 heteroatoms. The number of piperidine rings is 1. The number of hydrogen-bond donors (Lipinski definition) is 0. The van der Waals surface area contributed by atoms with E-state index in [0.717, 1.165) is 25.3 Å². The van der Waals surface area contributed by atoms with Crippen molar-refractivity contribution in [3.8, 4) is 5.75 Å². The lowest BCUT2D eigenvalue weighted by molar-refractivity contribution is -0.00000488. The van der Waals surface area contributed by atoms with Crippen LogP contribution in [0.5, 0.6) is 5.75 Å². The summed E-state index contributed by atoms with van der Waals surface area (Å²) in [6.45, 7) is 8.13. The van der Waals surface area contributed by atoms with Gasteiger partial charge in [-0.2, -0.15) is 0 Å². The number of benzene rings is 2. The quantitative estimate of drug-likeness (QED) is 0.743. The molecule has 2 nitrogen and oxygen atoms in total. The fraction of sp³-hybridized carbons (Fsp3) is 0.400. The minimum absolute atomic E-state index is 0. The number of allylic oxidation sites excluding steroid dienone is 1. The van der Waals surface area contributed by atoms with Crippen molar-refractivity contribution in [2.75, 3.05) is 26.2 Å². The van der Waals surface area contributed by atoms with Crippen LogP contribution in [0.2, 0.25) is 0 Å². The number of hydrogen-bond acceptors (Lipinski definition) is 2. The van der Waals surface area contributed by atoms with Crippen LogP contribution in [0.4, 0.5) is 0 Å². The molecule has 23 heavy (non-hydrogen) atoms. The zero-order valence-corrected chi connectivity index (χ0v) is 14.4. The van der Waals surface area contributed by atoms with Crippen molar-refractivity contribution in [3.63, 3.8) is 0 Å². The van der Waals surface area contributed by atoms with Gasteiger partial charge in [0.15, 0.2) is 0 Å². The third-order valence-electron chi connectivity index (χ3n) is 4.46. The van der Waals surface area contributed by atoms with Crippen LogP contribution in [-0.2, 0) is 6.42 Å². The standard InChI is InChI=1S/C20H25NO.ClH/c1-2-8-19-18-10-5-4-9-17(18)11-12-20(19)22-16-15-21-13-6-3-7-14-21;/h2,4-5,9-12H,1,3,6-8,13-16H2;1H/p-1. The van der Waals surface area contributed by atoms with Crippen LogP contribution < -0.4 is 17.1 Å². The summed E-state index contributed by atoms with van der Waals surface area (Å²) >= 11 is 0. The van der Waals surface area contributed by atoms with Gasteiger partial charge in [-0.1, -0.05) is 42.8 Å². The molecule has 0 spiro atoms. The van der Waals surface area contributed by atoms with Gasteiger partial charge in [-0.05, 0) is 49.2 Å².